The molecule has 5 rings (SSSR count). The van der Waals surface area contributed by atoms with Gasteiger partial charge >= 0.3 is 0 Å². The van der Waals surface area contributed by atoms with Crippen LogP contribution in [0.1, 0.15) is 18.5 Å². The van der Waals surface area contributed by atoms with E-state index in [-0.39, 0.29) is 11.8 Å². The predicted molar refractivity (Wildman–Crippen MR) is 118 cm³/mol. The Kier molecular flexibility index (Phi) is 4.48. The average molecular weight is 396 g/mol. The van der Waals surface area contributed by atoms with E-state index in [1.807, 2.05) is 30.5 Å². The molecule has 3 aromatic heterocycles. The molecule has 0 radical (unpaired) electrons. The van der Waals surface area contributed by atoms with Gasteiger partial charge in [0.05, 0.1) is 28.8 Å². The highest BCUT2D eigenvalue weighted by Crippen LogP contribution is 2.33. The van der Waals surface area contributed by atoms with E-state index in [1.165, 1.54) is 0 Å². The number of nitrogens with one attached hydrogen (secondary N) is 3. The molecule has 3 N–H and O–H groups in total. The Balaban J connectivity index is 1.44. The number of carbonyl (C=O) groups is 1. The summed E-state index contributed by atoms with van der Waals surface area (Å²) in [5, 5.41) is 14.7. The Hall–Kier alpha value is -4.00. The van der Waals surface area contributed by atoms with Crippen molar-refractivity contribution in [3.05, 3.63) is 73.5 Å². The van der Waals surface area contributed by atoms with Gasteiger partial charge in [-0.15, -0.1) is 0 Å². The molecule has 0 atom stereocenters. The second kappa shape index (κ2) is 7.44. The molecule has 1 aliphatic rings. The van der Waals surface area contributed by atoms with Gasteiger partial charge in [-0.25, -0.2) is 0 Å². The first-order valence-corrected chi connectivity index (χ1v) is 9.79. The molecule has 0 aliphatic heterocycles. The van der Waals surface area contributed by atoms with Crippen molar-refractivity contribution in [1.29, 1.82) is 0 Å². The van der Waals surface area contributed by atoms with E-state index in [1.54, 1.807) is 24.7 Å². The van der Waals surface area contributed by atoms with E-state index in [0.717, 1.165) is 34.9 Å². The molecule has 1 amide bonds. The molecule has 4 aromatic rings. The van der Waals surface area contributed by atoms with Crippen molar-refractivity contribution < 1.29 is 4.79 Å². The summed E-state index contributed by atoms with van der Waals surface area (Å²) in [5.41, 5.74) is 5.66. The zero-order chi connectivity index (χ0) is 20.5. The SMILES string of the molecule is C=C(Nc1cnccc1NC(=O)C1CC1)c1n[nH]c2ccc(-c3cccnc3)cc12. The molecule has 7 heteroatoms. The lowest BCUT2D eigenvalue weighted by Crippen LogP contribution is -2.15. The standard InChI is InChI=1S/C23H20N6O/c1-14(26-21-13-25-10-8-20(21)27-23(30)15-4-5-15)22-18-11-16(6-7-19(18)28-29-22)17-3-2-9-24-12-17/h2-3,6-13,15,26H,1,4-5H2,(H,28,29)(H,25,27,30). The Morgan fingerprint density at radius 3 is 2.67 bits per heavy atom. The third kappa shape index (κ3) is 3.53. The number of aromatic nitrogens is 4. The number of pyridine rings is 2. The van der Waals surface area contributed by atoms with Gasteiger partial charge in [0.1, 0.15) is 5.69 Å². The van der Waals surface area contributed by atoms with Gasteiger partial charge in [-0.05, 0) is 42.7 Å². The number of anilines is 2. The van der Waals surface area contributed by atoms with Crippen molar-refractivity contribution in [2.24, 2.45) is 5.92 Å². The molecule has 1 aliphatic carbocycles. The van der Waals surface area contributed by atoms with Crippen LogP contribution in [0.4, 0.5) is 11.4 Å². The van der Waals surface area contributed by atoms with Gasteiger partial charge in [0.15, 0.2) is 0 Å². The van der Waals surface area contributed by atoms with Crippen LogP contribution in [0.3, 0.4) is 0 Å². The van der Waals surface area contributed by atoms with E-state index in [2.05, 4.69) is 43.4 Å². The summed E-state index contributed by atoms with van der Waals surface area (Å²) >= 11 is 0. The van der Waals surface area contributed by atoms with Crippen LogP contribution < -0.4 is 10.6 Å². The van der Waals surface area contributed by atoms with Gasteiger partial charge in [-0.2, -0.15) is 5.10 Å². The molecule has 0 saturated heterocycles. The van der Waals surface area contributed by atoms with Crippen LogP contribution in [0, 0.1) is 5.92 Å². The smallest absolute Gasteiger partial charge is 0.227 e. The van der Waals surface area contributed by atoms with Gasteiger partial charge in [0, 0.05) is 35.5 Å². The molecule has 1 aromatic carbocycles. The largest absolute Gasteiger partial charge is 0.351 e. The van der Waals surface area contributed by atoms with E-state index in [0.29, 0.717) is 22.8 Å². The Morgan fingerprint density at radius 1 is 1.00 bits per heavy atom. The molecule has 148 valence electrons. The summed E-state index contributed by atoms with van der Waals surface area (Å²) < 4.78 is 0. The quantitative estimate of drug-likeness (QED) is 0.447. The first-order valence-electron chi connectivity index (χ1n) is 9.79. The van der Waals surface area contributed by atoms with E-state index >= 15 is 0 Å². The van der Waals surface area contributed by atoms with Crippen LogP contribution in [0.5, 0.6) is 0 Å². The fourth-order valence-corrected chi connectivity index (χ4v) is 3.36. The molecular formula is C23H20N6O. The topological polar surface area (TPSA) is 95.6 Å². The fraction of sp³-hybridized carbons (Fsp3) is 0.130. The lowest BCUT2D eigenvalue weighted by Gasteiger charge is -2.13. The number of hydrogen-bond acceptors (Lipinski definition) is 5. The second-order valence-corrected chi connectivity index (χ2v) is 7.36. The third-order valence-corrected chi connectivity index (χ3v) is 5.16. The summed E-state index contributed by atoms with van der Waals surface area (Å²) in [7, 11) is 0. The number of benzene rings is 1. The van der Waals surface area contributed by atoms with Crippen LogP contribution >= 0.6 is 0 Å². The van der Waals surface area contributed by atoms with Gasteiger partial charge in [0.25, 0.3) is 0 Å². The number of hydrogen-bond donors (Lipinski definition) is 3. The molecule has 0 bridgehead atoms. The summed E-state index contributed by atoms with van der Waals surface area (Å²) in [6.07, 6.45) is 8.81. The van der Waals surface area contributed by atoms with E-state index < -0.39 is 0 Å². The molecule has 7 nitrogen and oxygen atoms in total. The first kappa shape index (κ1) is 18.1. The summed E-state index contributed by atoms with van der Waals surface area (Å²) in [5.74, 6) is 0.164. The van der Waals surface area contributed by atoms with Crippen LogP contribution in [-0.2, 0) is 4.79 Å². The summed E-state index contributed by atoms with van der Waals surface area (Å²) in [6, 6.07) is 11.8. The minimum atomic E-state index is 0.0428. The van der Waals surface area contributed by atoms with Crippen molar-refractivity contribution in [2.45, 2.75) is 12.8 Å². The second-order valence-electron chi connectivity index (χ2n) is 7.36. The monoisotopic (exact) mass is 396 g/mol. The first-order chi connectivity index (χ1) is 14.7. The van der Waals surface area contributed by atoms with Crippen LogP contribution in [0.2, 0.25) is 0 Å². The van der Waals surface area contributed by atoms with Crippen LogP contribution in [0.25, 0.3) is 27.7 Å². The van der Waals surface area contributed by atoms with Gasteiger partial charge in [-0.3, -0.25) is 19.9 Å². The number of aromatic amines is 1. The lowest BCUT2D eigenvalue weighted by molar-refractivity contribution is -0.117. The van der Waals surface area contributed by atoms with E-state index in [9.17, 15) is 4.79 Å². The number of fused-ring (bicyclic) bond motifs is 1. The Labute approximate surface area is 173 Å². The minimum absolute atomic E-state index is 0.0428. The minimum Gasteiger partial charge on any atom is -0.351 e. The Morgan fingerprint density at radius 2 is 1.87 bits per heavy atom. The van der Waals surface area contributed by atoms with Crippen molar-refractivity contribution in [1.82, 2.24) is 20.2 Å². The molecular weight excluding hydrogens is 376 g/mol. The van der Waals surface area contributed by atoms with Gasteiger partial charge in [-0.1, -0.05) is 18.7 Å². The van der Waals surface area contributed by atoms with Crippen molar-refractivity contribution in [3.63, 3.8) is 0 Å². The maximum Gasteiger partial charge on any atom is 0.227 e. The van der Waals surface area contributed by atoms with Crippen LogP contribution in [0.15, 0.2) is 67.8 Å². The molecule has 1 saturated carbocycles. The van der Waals surface area contributed by atoms with Gasteiger partial charge < -0.3 is 10.6 Å². The maximum atomic E-state index is 12.2. The van der Waals surface area contributed by atoms with Gasteiger partial charge in [0.2, 0.25) is 5.91 Å². The maximum absolute atomic E-state index is 12.2. The van der Waals surface area contributed by atoms with Crippen molar-refractivity contribution in [2.75, 3.05) is 10.6 Å². The number of nitrogens with zero attached hydrogens (tertiary/aromatic N) is 3. The summed E-state index contributed by atoms with van der Waals surface area (Å²) in [4.78, 5) is 20.6. The summed E-state index contributed by atoms with van der Waals surface area (Å²) in [6.45, 7) is 4.17. The van der Waals surface area contributed by atoms with Crippen molar-refractivity contribution >= 4 is 33.9 Å². The molecule has 0 unspecified atom stereocenters. The highest BCUT2D eigenvalue weighted by Gasteiger charge is 2.30. The zero-order valence-electron chi connectivity index (χ0n) is 16.2. The van der Waals surface area contributed by atoms with E-state index in [4.69, 9.17) is 0 Å². The average Bonchev–Trinajstić information content (AvgIpc) is 3.55. The highest BCUT2D eigenvalue weighted by atomic mass is 16.2. The number of carbonyl (C=O) groups excluding carboxylic acids is 1. The predicted octanol–water partition coefficient (Wildman–Crippen LogP) is 4.45. The zero-order valence-corrected chi connectivity index (χ0v) is 16.2. The highest BCUT2D eigenvalue weighted by molar-refractivity contribution is 5.99. The number of amides is 1. The van der Waals surface area contributed by atoms with Crippen LogP contribution in [-0.4, -0.2) is 26.1 Å². The lowest BCUT2D eigenvalue weighted by atomic mass is 10.0. The fourth-order valence-electron chi connectivity index (χ4n) is 3.36. The molecule has 30 heavy (non-hydrogen) atoms. The molecule has 1 fully saturated rings. The normalized spacial score (nSPS) is 13.2. The molecule has 0 spiro atoms. The third-order valence-electron chi connectivity index (χ3n) is 5.16. The number of H-pyrrole nitrogens is 1. The number of rotatable bonds is 6. The molecule has 3 heterocycles. The Bertz CT molecular complexity index is 1240. The van der Waals surface area contributed by atoms with Crippen molar-refractivity contribution in [3.8, 4) is 11.1 Å².